The number of alkyl halides is 5. The summed E-state index contributed by atoms with van der Waals surface area (Å²) in [5, 5.41) is 11.1. The van der Waals surface area contributed by atoms with E-state index in [2.05, 4.69) is 5.32 Å². The molecule has 2 atom stereocenters. The second-order valence-corrected chi connectivity index (χ2v) is 4.63. The number of halogens is 5. The standard InChI is InChI=1S/C13H16F5NO2/c1-8(7-20)11(12(14,15)13(16,17)18)19-9-3-5-10(21-2)6-4-9/h3-6,8,11,19-20H,7H2,1-2H3/t8-,11+/m0/s1. The number of aliphatic hydroxyl groups is 1. The van der Waals surface area contributed by atoms with Gasteiger partial charge in [0.1, 0.15) is 11.8 Å². The van der Waals surface area contributed by atoms with Crippen molar-refractivity contribution in [1.82, 2.24) is 0 Å². The Labute approximate surface area is 118 Å². The monoisotopic (exact) mass is 313 g/mol. The second kappa shape index (κ2) is 6.46. The molecule has 0 spiro atoms. The van der Waals surface area contributed by atoms with Crippen LogP contribution in [-0.4, -0.2) is 37.0 Å². The van der Waals surface area contributed by atoms with E-state index in [0.29, 0.717) is 5.75 Å². The Hall–Kier alpha value is -1.57. The van der Waals surface area contributed by atoms with Gasteiger partial charge in [0.05, 0.1) is 7.11 Å². The van der Waals surface area contributed by atoms with Crippen LogP contribution >= 0.6 is 0 Å². The molecule has 0 heterocycles. The Morgan fingerprint density at radius 2 is 1.67 bits per heavy atom. The van der Waals surface area contributed by atoms with Crippen molar-refractivity contribution in [3.63, 3.8) is 0 Å². The van der Waals surface area contributed by atoms with Gasteiger partial charge in [-0.15, -0.1) is 0 Å². The number of nitrogens with one attached hydrogen (secondary N) is 1. The molecule has 0 aliphatic carbocycles. The molecule has 1 rings (SSSR count). The predicted octanol–water partition coefficient (Wildman–Crippen LogP) is 3.30. The summed E-state index contributed by atoms with van der Waals surface area (Å²) in [4.78, 5) is 0. The minimum Gasteiger partial charge on any atom is -0.497 e. The number of anilines is 1. The summed E-state index contributed by atoms with van der Waals surface area (Å²) in [6.45, 7) is 0.306. The average molecular weight is 313 g/mol. The van der Waals surface area contributed by atoms with Gasteiger partial charge in [0.2, 0.25) is 0 Å². The van der Waals surface area contributed by atoms with E-state index >= 15 is 0 Å². The summed E-state index contributed by atoms with van der Waals surface area (Å²) < 4.78 is 69.5. The smallest absolute Gasteiger partial charge is 0.455 e. The van der Waals surface area contributed by atoms with Crippen molar-refractivity contribution in [2.45, 2.75) is 25.1 Å². The number of hydrogen-bond donors (Lipinski definition) is 2. The molecule has 3 nitrogen and oxygen atoms in total. The van der Waals surface area contributed by atoms with Crippen LogP contribution in [0.1, 0.15) is 6.92 Å². The molecule has 0 saturated carbocycles. The van der Waals surface area contributed by atoms with Gasteiger partial charge < -0.3 is 15.2 Å². The van der Waals surface area contributed by atoms with Crippen molar-refractivity contribution in [2.75, 3.05) is 19.0 Å². The van der Waals surface area contributed by atoms with Crippen molar-refractivity contribution in [1.29, 1.82) is 0 Å². The Morgan fingerprint density at radius 3 is 2.05 bits per heavy atom. The molecule has 0 unspecified atom stereocenters. The lowest BCUT2D eigenvalue weighted by molar-refractivity contribution is -0.291. The maximum atomic E-state index is 13.5. The maximum Gasteiger partial charge on any atom is 0.455 e. The summed E-state index contributed by atoms with van der Waals surface area (Å²) in [5.74, 6) is -5.84. The first kappa shape index (κ1) is 17.5. The van der Waals surface area contributed by atoms with Crippen molar-refractivity contribution in [3.8, 4) is 5.75 Å². The maximum absolute atomic E-state index is 13.5. The van der Waals surface area contributed by atoms with Gasteiger partial charge in [0, 0.05) is 18.2 Å². The quantitative estimate of drug-likeness (QED) is 0.792. The molecule has 0 bridgehead atoms. The van der Waals surface area contributed by atoms with Crippen LogP contribution in [0.3, 0.4) is 0 Å². The molecule has 0 aliphatic heterocycles. The predicted molar refractivity (Wildman–Crippen MR) is 67.7 cm³/mol. The average Bonchev–Trinajstić information content (AvgIpc) is 2.43. The van der Waals surface area contributed by atoms with Gasteiger partial charge >= 0.3 is 12.1 Å². The third-order valence-corrected chi connectivity index (χ3v) is 3.04. The van der Waals surface area contributed by atoms with Gasteiger partial charge in [-0.1, -0.05) is 6.92 Å². The first-order valence-electron chi connectivity index (χ1n) is 6.09. The third-order valence-electron chi connectivity index (χ3n) is 3.04. The summed E-state index contributed by atoms with van der Waals surface area (Å²) in [7, 11) is 1.40. The Morgan fingerprint density at radius 1 is 1.14 bits per heavy atom. The number of hydrogen-bond acceptors (Lipinski definition) is 3. The molecular weight excluding hydrogens is 297 g/mol. The van der Waals surface area contributed by atoms with Gasteiger partial charge in [0.15, 0.2) is 0 Å². The first-order chi connectivity index (χ1) is 9.63. The van der Waals surface area contributed by atoms with Crippen LogP contribution in [-0.2, 0) is 0 Å². The van der Waals surface area contributed by atoms with Crippen molar-refractivity contribution in [2.24, 2.45) is 5.92 Å². The number of aliphatic hydroxyl groups excluding tert-OH is 1. The van der Waals surface area contributed by atoms with E-state index in [0.717, 1.165) is 6.92 Å². The highest BCUT2D eigenvalue weighted by atomic mass is 19.4. The zero-order valence-corrected chi connectivity index (χ0v) is 11.4. The van der Waals surface area contributed by atoms with E-state index < -0.39 is 30.7 Å². The summed E-state index contributed by atoms with van der Waals surface area (Å²) >= 11 is 0. The highest BCUT2D eigenvalue weighted by molar-refractivity contribution is 5.47. The van der Waals surface area contributed by atoms with Crippen LogP contribution < -0.4 is 10.1 Å². The largest absolute Gasteiger partial charge is 0.497 e. The van der Waals surface area contributed by atoms with E-state index in [-0.39, 0.29) is 5.69 Å². The van der Waals surface area contributed by atoms with Gasteiger partial charge in [0.25, 0.3) is 0 Å². The van der Waals surface area contributed by atoms with Crippen molar-refractivity contribution >= 4 is 5.69 Å². The summed E-state index contributed by atoms with van der Waals surface area (Å²) in [5.41, 5.74) is 0.0741. The van der Waals surface area contributed by atoms with Crippen LogP contribution in [0.4, 0.5) is 27.6 Å². The molecule has 0 radical (unpaired) electrons. The van der Waals surface area contributed by atoms with Gasteiger partial charge in [-0.05, 0) is 24.3 Å². The molecule has 8 heteroatoms. The normalized spacial score (nSPS) is 15.4. The molecule has 0 aromatic heterocycles. The van der Waals surface area contributed by atoms with Crippen LogP contribution in [0.25, 0.3) is 0 Å². The highest BCUT2D eigenvalue weighted by Gasteiger charge is 2.63. The van der Waals surface area contributed by atoms with E-state index in [1.807, 2.05) is 0 Å². The van der Waals surface area contributed by atoms with Crippen LogP contribution in [0.2, 0.25) is 0 Å². The lowest BCUT2D eigenvalue weighted by Gasteiger charge is -2.33. The number of benzene rings is 1. The van der Waals surface area contributed by atoms with Crippen molar-refractivity contribution < 1.29 is 31.8 Å². The molecule has 21 heavy (non-hydrogen) atoms. The Bertz CT molecular complexity index is 447. The SMILES string of the molecule is COc1ccc(N[C@H]([C@@H](C)CO)C(F)(F)C(F)(F)F)cc1. The zero-order valence-electron chi connectivity index (χ0n) is 11.4. The fourth-order valence-corrected chi connectivity index (χ4v) is 1.74. The topological polar surface area (TPSA) is 41.5 Å². The minimum absolute atomic E-state index is 0.0741. The van der Waals surface area contributed by atoms with E-state index in [9.17, 15) is 22.0 Å². The first-order valence-corrected chi connectivity index (χ1v) is 6.09. The third kappa shape index (κ3) is 3.96. The van der Waals surface area contributed by atoms with Gasteiger partial charge in [-0.2, -0.15) is 22.0 Å². The number of ether oxygens (including phenoxy) is 1. The van der Waals surface area contributed by atoms with Crippen molar-refractivity contribution in [3.05, 3.63) is 24.3 Å². The number of rotatable bonds is 6. The van der Waals surface area contributed by atoms with Crippen LogP contribution in [0.15, 0.2) is 24.3 Å². The molecular formula is C13H16F5NO2. The van der Waals surface area contributed by atoms with E-state index in [4.69, 9.17) is 9.84 Å². The second-order valence-electron chi connectivity index (χ2n) is 4.63. The summed E-state index contributed by atoms with van der Waals surface area (Å²) in [6.07, 6.45) is -5.71. The molecule has 120 valence electrons. The summed E-state index contributed by atoms with van der Waals surface area (Å²) in [6, 6.07) is 3.21. The molecule has 1 aromatic rings. The molecule has 2 N–H and O–H groups in total. The highest BCUT2D eigenvalue weighted by Crippen LogP contribution is 2.41. The molecule has 0 fully saturated rings. The fourth-order valence-electron chi connectivity index (χ4n) is 1.74. The van der Waals surface area contributed by atoms with Crippen LogP contribution in [0, 0.1) is 5.92 Å². The molecule has 0 amide bonds. The minimum atomic E-state index is -5.71. The van der Waals surface area contributed by atoms with E-state index in [1.54, 1.807) is 0 Å². The van der Waals surface area contributed by atoms with Crippen LogP contribution in [0.5, 0.6) is 5.75 Å². The Kier molecular flexibility index (Phi) is 5.38. The van der Waals surface area contributed by atoms with Gasteiger partial charge in [-0.3, -0.25) is 0 Å². The zero-order chi connectivity index (χ0) is 16.3. The lowest BCUT2D eigenvalue weighted by atomic mass is 9.95. The van der Waals surface area contributed by atoms with Gasteiger partial charge in [-0.25, -0.2) is 0 Å². The lowest BCUT2D eigenvalue weighted by Crippen LogP contribution is -2.54. The molecule has 0 aliphatic rings. The number of methoxy groups -OCH3 is 1. The van der Waals surface area contributed by atoms with E-state index in [1.165, 1.54) is 31.4 Å². The Balaban J connectivity index is 3.03. The molecule has 1 aromatic carbocycles. The molecule has 0 saturated heterocycles. The fraction of sp³-hybridized carbons (Fsp3) is 0.538.